The van der Waals surface area contributed by atoms with Gasteiger partial charge in [0.25, 0.3) is 0 Å². The number of rotatable bonds is 42. The van der Waals surface area contributed by atoms with Crippen LogP contribution in [0.15, 0.2) is 0 Å². The molecule has 0 fully saturated rings. The summed E-state index contributed by atoms with van der Waals surface area (Å²) in [5.74, 6) is 1.60. The average molecular weight is 779 g/mol. The molecule has 0 aromatic rings. The quantitative estimate of drug-likeness (QED) is 0.0349. The zero-order valence-electron chi connectivity index (χ0n) is 37.7. The van der Waals surface area contributed by atoms with Crippen LogP contribution in [-0.4, -0.2) is 37.2 Å². The Labute approximate surface area is 342 Å². The molecule has 0 bridgehead atoms. The fourth-order valence-corrected chi connectivity index (χ4v) is 7.20. The highest BCUT2D eigenvalue weighted by molar-refractivity contribution is 5.71. The van der Waals surface area contributed by atoms with E-state index in [0.717, 1.165) is 75.5 Å². The van der Waals surface area contributed by atoms with E-state index in [9.17, 15) is 14.4 Å². The Bertz CT molecular complexity index is 854. The molecule has 6 nitrogen and oxygen atoms in total. The van der Waals surface area contributed by atoms with Crippen LogP contribution in [0.4, 0.5) is 0 Å². The Morgan fingerprint density at radius 3 is 0.945 bits per heavy atom. The first-order valence-corrected chi connectivity index (χ1v) is 24.1. The highest BCUT2D eigenvalue weighted by Gasteiger charge is 2.19. The second kappa shape index (κ2) is 40.6. The Morgan fingerprint density at radius 1 is 0.364 bits per heavy atom. The average Bonchev–Trinajstić information content (AvgIpc) is 3.15. The van der Waals surface area contributed by atoms with Gasteiger partial charge in [-0.3, -0.25) is 14.4 Å². The van der Waals surface area contributed by atoms with Gasteiger partial charge in [-0.25, -0.2) is 0 Å². The maximum Gasteiger partial charge on any atom is 0.306 e. The molecule has 0 aromatic heterocycles. The van der Waals surface area contributed by atoms with E-state index in [1.165, 1.54) is 141 Å². The number of unbranched alkanes of at least 4 members (excludes halogenated alkanes) is 24. The number of carbonyl (C=O) groups is 3. The van der Waals surface area contributed by atoms with E-state index >= 15 is 0 Å². The molecule has 0 spiro atoms. The molecule has 55 heavy (non-hydrogen) atoms. The summed E-state index contributed by atoms with van der Waals surface area (Å²) in [7, 11) is 0. The predicted octanol–water partition coefficient (Wildman–Crippen LogP) is 15.2. The van der Waals surface area contributed by atoms with Gasteiger partial charge < -0.3 is 14.2 Å². The summed E-state index contributed by atoms with van der Waals surface area (Å²) in [5.41, 5.74) is 0. The zero-order valence-corrected chi connectivity index (χ0v) is 37.7. The molecule has 0 N–H and O–H groups in total. The van der Waals surface area contributed by atoms with Crippen molar-refractivity contribution < 1.29 is 28.6 Å². The highest BCUT2D eigenvalue weighted by atomic mass is 16.6. The summed E-state index contributed by atoms with van der Waals surface area (Å²) in [6, 6.07) is 0. The van der Waals surface area contributed by atoms with Gasteiger partial charge in [0.05, 0.1) is 0 Å². The van der Waals surface area contributed by atoms with Crippen LogP contribution in [0.25, 0.3) is 0 Å². The van der Waals surface area contributed by atoms with Crippen LogP contribution < -0.4 is 0 Å². The SMILES string of the molecule is CCC(C)CCCCCCCCCCCCC(=O)OC[C@@H](COC(=O)CCCCCCCCCCCCC(C)C)OC(=O)CCCCCCCCCC(C)C. The third kappa shape index (κ3) is 41.9. The van der Waals surface area contributed by atoms with E-state index < -0.39 is 6.10 Å². The van der Waals surface area contributed by atoms with Gasteiger partial charge in [0.2, 0.25) is 0 Å². The van der Waals surface area contributed by atoms with Gasteiger partial charge in [0, 0.05) is 19.3 Å². The minimum absolute atomic E-state index is 0.0662. The lowest BCUT2D eigenvalue weighted by molar-refractivity contribution is -0.167. The van der Waals surface area contributed by atoms with E-state index in [1.54, 1.807) is 0 Å². The van der Waals surface area contributed by atoms with Crippen LogP contribution in [0.5, 0.6) is 0 Å². The minimum Gasteiger partial charge on any atom is -0.462 e. The fraction of sp³-hybridized carbons (Fsp3) is 0.939. The lowest BCUT2D eigenvalue weighted by Gasteiger charge is -2.18. The van der Waals surface area contributed by atoms with Crippen LogP contribution in [0.2, 0.25) is 0 Å². The van der Waals surface area contributed by atoms with Crippen molar-refractivity contribution in [1.29, 1.82) is 0 Å². The summed E-state index contributed by atoms with van der Waals surface area (Å²) in [4.78, 5) is 37.8. The molecule has 0 aliphatic carbocycles. The van der Waals surface area contributed by atoms with Gasteiger partial charge in [-0.05, 0) is 37.0 Å². The van der Waals surface area contributed by atoms with Crippen LogP contribution in [0, 0.1) is 17.8 Å². The lowest BCUT2D eigenvalue weighted by Crippen LogP contribution is -2.30. The standard InChI is InChI=1S/C49H94O6/c1-7-45(6)37-31-25-19-13-9-11-15-21-27-33-39-48(51)54-42-46(55-49(52)40-34-28-22-16-18-24-30-36-44(4)5)41-53-47(50)38-32-26-20-14-10-8-12-17-23-29-35-43(2)3/h43-46H,7-42H2,1-6H3/t45?,46-/m1/s1. The molecule has 0 radical (unpaired) electrons. The summed E-state index contributed by atoms with van der Waals surface area (Å²) in [6.07, 6.45) is 38.0. The number of ether oxygens (including phenoxy) is 3. The van der Waals surface area contributed by atoms with Gasteiger partial charge in [-0.1, -0.05) is 221 Å². The predicted molar refractivity (Wildman–Crippen MR) is 233 cm³/mol. The Kier molecular flexibility index (Phi) is 39.4. The van der Waals surface area contributed by atoms with E-state index in [0.29, 0.717) is 19.3 Å². The fourth-order valence-electron chi connectivity index (χ4n) is 7.20. The van der Waals surface area contributed by atoms with Crippen molar-refractivity contribution in [3.63, 3.8) is 0 Å². The van der Waals surface area contributed by atoms with Crippen molar-refractivity contribution in [2.75, 3.05) is 13.2 Å². The van der Waals surface area contributed by atoms with Crippen LogP contribution in [0.3, 0.4) is 0 Å². The molecular weight excluding hydrogens is 685 g/mol. The van der Waals surface area contributed by atoms with Gasteiger partial charge >= 0.3 is 17.9 Å². The number of hydrogen-bond donors (Lipinski definition) is 0. The largest absolute Gasteiger partial charge is 0.462 e. The summed E-state index contributed by atoms with van der Waals surface area (Å²) < 4.78 is 16.7. The van der Waals surface area contributed by atoms with Gasteiger partial charge in [-0.15, -0.1) is 0 Å². The molecule has 6 heteroatoms. The summed E-state index contributed by atoms with van der Waals surface area (Å²) >= 11 is 0. The Morgan fingerprint density at radius 2 is 0.636 bits per heavy atom. The smallest absolute Gasteiger partial charge is 0.306 e. The first-order valence-electron chi connectivity index (χ1n) is 24.1. The second-order valence-electron chi connectivity index (χ2n) is 17.9. The topological polar surface area (TPSA) is 78.9 Å². The molecule has 1 unspecified atom stereocenters. The summed E-state index contributed by atoms with van der Waals surface area (Å²) in [5, 5.41) is 0. The Balaban J connectivity index is 4.32. The lowest BCUT2D eigenvalue weighted by atomic mass is 9.99. The van der Waals surface area contributed by atoms with Gasteiger partial charge in [-0.2, -0.15) is 0 Å². The third-order valence-electron chi connectivity index (χ3n) is 11.3. The first-order chi connectivity index (χ1) is 26.6. The monoisotopic (exact) mass is 779 g/mol. The first kappa shape index (κ1) is 53.4. The molecule has 0 aromatic carbocycles. The van der Waals surface area contributed by atoms with Crippen molar-refractivity contribution in [3.8, 4) is 0 Å². The van der Waals surface area contributed by atoms with Crippen molar-refractivity contribution >= 4 is 17.9 Å². The third-order valence-corrected chi connectivity index (χ3v) is 11.3. The molecule has 326 valence electrons. The van der Waals surface area contributed by atoms with Crippen molar-refractivity contribution in [3.05, 3.63) is 0 Å². The number of hydrogen-bond acceptors (Lipinski definition) is 6. The second-order valence-corrected chi connectivity index (χ2v) is 17.9. The molecular formula is C49H94O6. The van der Waals surface area contributed by atoms with E-state index in [2.05, 4.69) is 41.5 Å². The van der Waals surface area contributed by atoms with Crippen molar-refractivity contribution in [2.24, 2.45) is 17.8 Å². The molecule has 0 aliphatic heterocycles. The highest BCUT2D eigenvalue weighted by Crippen LogP contribution is 2.17. The maximum atomic E-state index is 12.7. The molecule has 0 amide bonds. The molecule has 0 heterocycles. The zero-order chi connectivity index (χ0) is 40.6. The normalized spacial score (nSPS) is 12.7. The summed E-state index contributed by atoms with van der Waals surface area (Å²) in [6.45, 7) is 13.7. The van der Waals surface area contributed by atoms with Crippen LogP contribution in [-0.2, 0) is 28.6 Å². The molecule has 0 saturated carbocycles. The van der Waals surface area contributed by atoms with Crippen molar-refractivity contribution in [2.45, 2.75) is 266 Å². The minimum atomic E-state index is -0.762. The Hall–Kier alpha value is -1.59. The number of carbonyl (C=O) groups excluding carboxylic acids is 3. The molecule has 0 saturated heterocycles. The van der Waals surface area contributed by atoms with Gasteiger partial charge in [0.1, 0.15) is 13.2 Å². The van der Waals surface area contributed by atoms with E-state index in [4.69, 9.17) is 14.2 Å². The molecule has 2 atom stereocenters. The molecule has 0 aliphatic rings. The van der Waals surface area contributed by atoms with Crippen LogP contribution >= 0.6 is 0 Å². The molecule has 0 rings (SSSR count). The number of esters is 3. The maximum absolute atomic E-state index is 12.7. The van der Waals surface area contributed by atoms with E-state index in [-0.39, 0.29) is 31.1 Å². The van der Waals surface area contributed by atoms with Crippen molar-refractivity contribution in [1.82, 2.24) is 0 Å². The van der Waals surface area contributed by atoms with E-state index in [1.807, 2.05) is 0 Å². The van der Waals surface area contributed by atoms with Gasteiger partial charge in [0.15, 0.2) is 6.10 Å². The van der Waals surface area contributed by atoms with Crippen LogP contribution in [0.1, 0.15) is 260 Å².